The molecule has 0 aliphatic heterocycles. The molecule has 2 aromatic heterocycles. The van der Waals surface area contributed by atoms with Gasteiger partial charge in [-0.1, -0.05) is 0 Å². The van der Waals surface area contributed by atoms with E-state index in [-0.39, 0.29) is 0 Å². The van der Waals surface area contributed by atoms with Gasteiger partial charge in [0.2, 0.25) is 0 Å². The molecule has 0 aliphatic rings. The number of hydrogen-bond donors (Lipinski definition) is 0. The Balaban J connectivity index is 2.97. The van der Waals surface area contributed by atoms with E-state index in [0.717, 1.165) is 26.7 Å². The summed E-state index contributed by atoms with van der Waals surface area (Å²) in [6.45, 7) is 1.86. The minimum atomic E-state index is 0.653. The molecule has 2 aromatic rings. The van der Waals surface area contributed by atoms with Crippen LogP contribution in [0.15, 0.2) is 6.07 Å². The van der Waals surface area contributed by atoms with Gasteiger partial charge in [0.1, 0.15) is 3.70 Å². The van der Waals surface area contributed by atoms with Crippen LogP contribution in [0, 0.1) is 10.6 Å². The van der Waals surface area contributed by atoms with Crippen molar-refractivity contribution >= 4 is 62.8 Å². The Morgan fingerprint density at radius 2 is 2.29 bits per heavy atom. The lowest BCUT2D eigenvalue weighted by molar-refractivity contribution is 0.112. The lowest BCUT2D eigenvalue weighted by Crippen LogP contribution is -1.91. The first-order chi connectivity index (χ1) is 6.63. The number of pyridine rings is 1. The number of aromatic nitrogens is 3. The lowest BCUT2D eigenvalue weighted by Gasteiger charge is -1.97. The van der Waals surface area contributed by atoms with Gasteiger partial charge in [-0.25, -0.2) is 4.98 Å². The van der Waals surface area contributed by atoms with Crippen LogP contribution in [0.1, 0.15) is 16.1 Å². The number of fused-ring (bicyclic) bond motifs is 1. The summed E-state index contributed by atoms with van der Waals surface area (Å²) >= 11 is 4.15. The summed E-state index contributed by atoms with van der Waals surface area (Å²) in [5, 5.41) is 5.04. The van der Waals surface area contributed by atoms with Gasteiger partial charge in [-0.05, 0) is 35.6 Å². The second-order valence-corrected chi connectivity index (χ2v) is 4.76. The molecule has 0 saturated carbocycles. The van der Waals surface area contributed by atoms with Crippen LogP contribution >= 0.6 is 45.5 Å². The third-order valence-electron chi connectivity index (χ3n) is 1.84. The molecule has 6 heteroatoms. The van der Waals surface area contributed by atoms with Gasteiger partial charge in [0.05, 0.1) is 28.3 Å². The standard InChI is InChI=1S/C8H5I2N3O/c1-4-2-5(3-14)6-7(9)12-13(10)8(6)11-4/h2-3H,1H3. The number of nitrogens with zero attached hydrogens (tertiary/aromatic N) is 3. The van der Waals surface area contributed by atoms with Crippen molar-refractivity contribution in [1.82, 2.24) is 13.0 Å². The predicted octanol–water partition coefficient (Wildman–Crippen LogP) is 2.35. The molecule has 0 amide bonds. The Hall–Kier alpha value is -0.250. The number of halogens is 2. The van der Waals surface area contributed by atoms with Gasteiger partial charge < -0.3 is 0 Å². The van der Waals surface area contributed by atoms with Crippen LogP contribution in [0.2, 0.25) is 0 Å². The largest absolute Gasteiger partial charge is 0.298 e. The van der Waals surface area contributed by atoms with Crippen LogP contribution in [0.4, 0.5) is 0 Å². The zero-order valence-electron chi connectivity index (χ0n) is 7.16. The normalized spacial score (nSPS) is 10.8. The van der Waals surface area contributed by atoms with E-state index in [1.54, 1.807) is 8.96 Å². The lowest BCUT2D eigenvalue weighted by atomic mass is 10.2. The van der Waals surface area contributed by atoms with E-state index in [2.05, 4.69) is 55.5 Å². The molecule has 0 unspecified atom stereocenters. The predicted molar refractivity (Wildman–Crippen MR) is 69.8 cm³/mol. The highest BCUT2D eigenvalue weighted by atomic mass is 127. The van der Waals surface area contributed by atoms with E-state index in [4.69, 9.17) is 0 Å². The maximum absolute atomic E-state index is 10.9. The first-order valence-corrected chi connectivity index (χ1v) is 5.85. The number of aryl methyl sites for hydroxylation is 1. The zero-order valence-corrected chi connectivity index (χ0v) is 11.5. The van der Waals surface area contributed by atoms with Gasteiger partial charge >= 0.3 is 0 Å². The zero-order chi connectivity index (χ0) is 10.3. The molecule has 0 aliphatic carbocycles. The highest BCUT2D eigenvalue weighted by molar-refractivity contribution is 14.1. The fraction of sp³-hybridized carbons (Fsp3) is 0.125. The third kappa shape index (κ3) is 1.53. The molecule has 72 valence electrons. The fourth-order valence-electron chi connectivity index (χ4n) is 1.29. The van der Waals surface area contributed by atoms with Crippen molar-refractivity contribution in [2.45, 2.75) is 6.92 Å². The molecule has 0 radical (unpaired) electrons. The first kappa shape index (κ1) is 10.3. The fourth-order valence-corrected chi connectivity index (χ4v) is 3.04. The molecule has 0 aromatic carbocycles. The average molecular weight is 413 g/mol. The summed E-state index contributed by atoms with van der Waals surface area (Å²) in [7, 11) is 0. The van der Waals surface area contributed by atoms with Gasteiger partial charge in [0, 0.05) is 11.3 Å². The summed E-state index contributed by atoms with van der Waals surface area (Å²) in [5.41, 5.74) is 2.23. The summed E-state index contributed by atoms with van der Waals surface area (Å²) in [5.74, 6) is 0. The van der Waals surface area contributed by atoms with Crippen molar-refractivity contribution < 1.29 is 4.79 Å². The number of carbonyl (C=O) groups excluding carboxylic acids is 1. The van der Waals surface area contributed by atoms with Crippen molar-refractivity contribution in [3.63, 3.8) is 0 Å². The molecule has 4 nitrogen and oxygen atoms in total. The molecule has 2 heterocycles. The van der Waals surface area contributed by atoms with E-state index in [1.165, 1.54) is 0 Å². The monoisotopic (exact) mass is 413 g/mol. The number of carbonyl (C=O) groups is 1. The van der Waals surface area contributed by atoms with Crippen LogP contribution in [0.3, 0.4) is 0 Å². The molecule has 0 bridgehead atoms. The van der Waals surface area contributed by atoms with E-state index in [1.807, 2.05) is 6.92 Å². The van der Waals surface area contributed by atoms with Gasteiger partial charge in [0.15, 0.2) is 11.9 Å². The van der Waals surface area contributed by atoms with Crippen molar-refractivity contribution in [2.75, 3.05) is 0 Å². The van der Waals surface area contributed by atoms with E-state index in [9.17, 15) is 4.79 Å². The number of rotatable bonds is 1. The Morgan fingerprint density at radius 1 is 1.57 bits per heavy atom. The van der Waals surface area contributed by atoms with E-state index < -0.39 is 0 Å². The number of hydrogen-bond acceptors (Lipinski definition) is 3. The minimum Gasteiger partial charge on any atom is -0.298 e. The maximum atomic E-state index is 10.9. The van der Waals surface area contributed by atoms with Crippen molar-refractivity contribution in [1.29, 1.82) is 0 Å². The molecule has 0 spiro atoms. The van der Waals surface area contributed by atoms with E-state index >= 15 is 0 Å². The van der Waals surface area contributed by atoms with Gasteiger partial charge in [0.25, 0.3) is 0 Å². The Kier molecular flexibility index (Phi) is 2.73. The molecule has 0 saturated heterocycles. The summed E-state index contributed by atoms with van der Waals surface area (Å²) in [4.78, 5) is 15.2. The van der Waals surface area contributed by atoms with Gasteiger partial charge in [-0.15, -0.1) is 0 Å². The van der Waals surface area contributed by atoms with Crippen LogP contribution in [0.5, 0.6) is 0 Å². The smallest absolute Gasteiger partial charge is 0.170 e. The quantitative estimate of drug-likeness (QED) is 0.533. The SMILES string of the molecule is Cc1cc(C=O)c2c(I)nn(I)c2n1. The second kappa shape index (κ2) is 3.72. The van der Waals surface area contributed by atoms with Gasteiger partial charge in [-0.3, -0.25) is 4.79 Å². The molecule has 0 N–H and O–H groups in total. The minimum absolute atomic E-state index is 0.653. The van der Waals surface area contributed by atoms with E-state index in [0.29, 0.717) is 5.56 Å². The van der Waals surface area contributed by atoms with Gasteiger partial charge in [-0.2, -0.15) is 7.99 Å². The first-order valence-electron chi connectivity index (χ1n) is 3.80. The second-order valence-electron chi connectivity index (χ2n) is 2.82. The van der Waals surface area contributed by atoms with Crippen molar-refractivity contribution in [3.8, 4) is 0 Å². The molecule has 0 fully saturated rings. The average Bonchev–Trinajstić information content (AvgIpc) is 2.41. The van der Waals surface area contributed by atoms with Crippen LogP contribution in [-0.4, -0.2) is 19.3 Å². The molecule has 14 heavy (non-hydrogen) atoms. The van der Waals surface area contributed by atoms with Crippen molar-refractivity contribution in [2.24, 2.45) is 0 Å². The molecule has 2 rings (SSSR count). The van der Waals surface area contributed by atoms with Crippen LogP contribution in [0.25, 0.3) is 11.0 Å². The summed E-state index contributed by atoms with van der Waals surface area (Å²) in [6, 6.07) is 1.77. The molecular formula is C8H5I2N3O. The molecular weight excluding hydrogens is 408 g/mol. The van der Waals surface area contributed by atoms with Crippen LogP contribution < -0.4 is 0 Å². The third-order valence-corrected chi connectivity index (χ3v) is 3.27. The maximum Gasteiger partial charge on any atom is 0.170 e. The van der Waals surface area contributed by atoms with Crippen LogP contribution in [-0.2, 0) is 0 Å². The Labute approximate surface area is 108 Å². The molecule has 0 atom stereocenters. The number of aldehydes is 1. The Bertz CT molecular complexity index is 521. The topological polar surface area (TPSA) is 47.8 Å². The summed E-state index contributed by atoms with van der Waals surface area (Å²) < 4.78 is 2.47. The Morgan fingerprint density at radius 3 is 2.93 bits per heavy atom. The summed E-state index contributed by atoms with van der Waals surface area (Å²) in [6.07, 6.45) is 0.845. The van der Waals surface area contributed by atoms with Crippen molar-refractivity contribution in [3.05, 3.63) is 21.0 Å². The highest BCUT2D eigenvalue weighted by Crippen LogP contribution is 2.23. The highest BCUT2D eigenvalue weighted by Gasteiger charge is 2.12.